The number of rotatable bonds is 0. The Morgan fingerprint density at radius 3 is 0.692 bits per heavy atom. The van der Waals surface area contributed by atoms with Crippen LogP contribution in [0.5, 0.6) is 0 Å². The quantitative estimate of drug-likeness (QED) is 0.576. The van der Waals surface area contributed by atoms with E-state index in [1.807, 2.05) is 0 Å². The fourth-order valence-electron chi connectivity index (χ4n) is 0. The Kier molecular flexibility index (Phi) is 30.9. The molecule has 0 atom stereocenters. The minimum Gasteiger partial charge on any atom is -0.456 e. The summed E-state index contributed by atoms with van der Waals surface area (Å²) in [4.78, 5) is 25.0. The monoisotopic (exact) mass is 350 g/mol. The topological polar surface area (TPSA) is 112 Å². The first kappa shape index (κ1) is 22.9. The molecule has 13 heavy (non-hydrogen) atoms. The van der Waals surface area contributed by atoms with Gasteiger partial charge in [-0.05, 0) is 0 Å². The molecule has 0 amide bonds. The molecule has 0 heterocycles. The van der Waals surface area contributed by atoms with Gasteiger partial charge in [-0.2, -0.15) is 0 Å². The largest absolute Gasteiger partial charge is 0.492 e. The van der Waals surface area contributed by atoms with Gasteiger partial charge in [-0.3, -0.25) is 0 Å². The maximum absolute atomic E-state index is 9.92. The zero-order chi connectivity index (χ0) is 10.7. The summed E-state index contributed by atoms with van der Waals surface area (Å²) in [5.74, 6) is 0. The first-order valence-corrected chi connectivity index (χ1v) is 1.85. The molecule has 0 spiro atoms. The molecule has 6 nitrogen and oxygen atoms in total. The van der Waals surface area contributed by atoms with Crippen LogP contribution in [0.4, 0.5) is 27.6 Å². The summed E-state index contributed by atoms with van der Waals surface area (Å²) in [5.41, 5.74) is 0. The SMILES string of the molecule is O=C(O)F.O=C(O)F.O=C(O)F.[Gd]. The standard InChI is InChI=1S/3CHFO2.Gd/c3*2-1(3)4;/h3*(H,3,4);. The van der Waals surface area contributed by atoms with Crippen LogP contribution in [-0.2, 0) is 0 Å². The maximum atomic E-state index is 9.92. The molecule has 0 fully saturated rings. The van der Waals surface area contributed by atoms with Gasteiger partial charge >= 0.3 is 18.7 Å². The molecule has 0 unspecified atom stereocenters. The molecule has 0 saturated carbocycles. The summed E-state index contributed by atoms with van der Waals surface area (Å²) >= 11 is 0. The van der Waals surface area contributed by atoms with Gasteiger partial charge in [0.2, 0.25) is 0 Å². The van der Waals surface area contributed by atoms with Crippen LogP contribution in [-0.4, -0.2) is 34.0 Å². The molecular weight excluding hydrogens is 346 g/mol. The van der Waals surface area contributed by atoms with Gasteiger partial charge in [0.05, 0.1) is 0 Å². The zero-order valence-corrected chi connectivity index (χ0v) is 7.82. The fraction of sp³-hybridized carbons (Fsp3) is 0. The van der Waals surface area contributed by atoms with Gasteiger partial charge in [-0.1, -0.05) is 0 Å². The fourth-order valence-corrected chi connectivity index (χ4v) is 0. The van der Waals surface area contributed by atoms with Gasteiger partial charge in [0.1, 0.15) is 0 Å². The summed E-state index contributed by atoms with van der Waals surface area (Å²) in [6.45, 7) is 0. The van der Waals surface area contributed by atoms with Crippen LogP contribution in [0.15, 0.2) is 0 Å². The van der Waals surface area contributed by atoms with Crippen molar-refractivity contribution in [3.63, 3.8) is 0 Å². The Labute approximate surface area is 101 Å². The van der Waals surface area contributed by atoms with Gasteiger partial charge in [0.15, 0.2) is 0 Å². The number of hydrogen-bond acceptors (Lipinski definition) is 3. The Bertz CT molecular complexity index is 121. The van der Waals surface area contributed by atoms with Crippen LogP contribution in [0.2, 0.25) is 0 Å². The molecule has 80 valence electrons. The Balaban J connectivity index is -0.0000000450. The molecule has 0 aromatic heterocycles. The first-order chi connectivity index (χ1) is 5.20. The third kappa shape index (κ3) is 4630. The average molecular weight is 349 g/mol. The van der Waals surface area contributed by atoms with Crippen LogP contribution in [0.3, 0.4) is 0 Å². The molecule has 3 N–H and O–H groups in total. The van der Waals surface area contributed by atoms with Crippen molar-refractivity contribution in [1.29, 1.82) is 0 Å². The number of carbonyl (C=O) groups is 3. The van der Waals surface area contributed by atoms with Crippen LogP contribution in [0.25, 0.3) is 0 Å². The molecule has 0 aromatic carbocycles. The molecule has 10 heteroatoms. The Morgan fingerprint density at radius 1 is 0.692 bits per heavy atom. The molecular formula is C3H3F3GdO6. The molecule has 0 rings (SSSR count). The molecule has 0 aliphatic rings. The second-order valence-corrected chi connectivity index (χ2v) is 0.759. The van der Waals surface area contributed by atoms with Gasteiger partial charge in [-0.15, -0.1) is 13.2 Å². The minimum absolute atomic E-state index is 0. The van der Waals surface area contributed by atoms with Crippen molar-refractivity contribution in [2.75, 3.05) is 0 Å². The molecule has 0 aromatic rings. The van der Waals surface area contributed by atoms with Crippen molar-refractivity contribution in [2.45, 2.75) is 0 Å². The van der Waals surface area contributed by atoms with Crippen LogP contribution in [0, 0.1) is 39.9 Å². The van der Waals surface area contributed by atoms with E-state index in [0.717, 1.165) is 0 Å². The summed E-state index contributed by atoms with van der Waals surface area (Å²) in [7, 11) is 0. The normalized spacial score (nSPS) is 5.77. The Hall–Kier alpha value is -0.475. The number of halogens is 3. The molecule has 0 aliphatic carbocycles. The van der Waals surface area contributed by atoms with E-state index in [4.69, 9.17) is 29.7 Å². The van der Waals surface area contributed by atoms with E-state index in [1.165, 1.54) is 0 Å². The predicted octanol–water partition coefficient (Wildman–Crippen LogP) is 1.90. The van der Waals surface area contributed by atoms with E-state index >= 15 is 0 Å². The predicted molar refractivity (Wildman–Crippen MR) is 27.4 cm³/mol. The summed E-state index contributed by atoms with van der Waals surface area (Å²) in [6, 6.07) is 0. The smallest absolute Gasteiger partial charge is 0.456 e. The summed E-state index contributed by atoms with van der Waals surface area (Å²) in [5, 5.41) is 20.2. The Morgan fingerprint density at radius 2 is 0.692 bits per heavy atom. The second kappa shape index (κ2) is 17.6. The zero-order valence-electron chi connectivity index (χ0n) is 5.55. The third-order valence-corrected chi connectivity index (χ3v) is 0. The van der Waals surface area contributed by atoms with Crippen LogP contribution >= 0.6 is 0 Å². The van der Waals surface area contributed by atoms with Gasteiger partial charge in [-0.25, -0.2) is 14.4 Å². The van der Waals surface area contributed by atoms with Crippen molar-refractivity contribution in [1.82, 2.24) is 0 Å². The first-order valence-electron chi connectivity index (χ1n) is 1.85. The van der Waals surface area contributed by atoms with Gasteiger partial charge in [0.25, 0.3) is 0 Å². The van der Waals surface area contributed by atoms with Gasteiger partial charge < -0.3 is 15.3 Å². The average Bonchev–Trinajstić information content (AvgIpc) is 1.54. The third-order valence-electron chi connectivity index (χ3n) is 0. The van der Waals surface area contributed by atoms with E-state index < -0.39 is 18.7 Å². The van der Waals surface area contributed by atoms with E-state index in [9.17, 15) is 13.2 Å². The molecule has 0 saturated heterocycles. The summed E-state index contributed by atoms with van der Waals surface area (Å²) in [6.07, 6.45) is -7.00. The number of carboxylic acid groups (broad SMARTS) is 3. The van der Waals surface area contributed by atoms with E-state index in [-0.39, 0.29) is 39.9 Å². The van der Waals surface area contributed by atoms with Crippen LogP contribution in [0.1, 0.15) is 0 Å². The van der Waals surface area contributed by atoms with E-state index in [1.54, 1.807) is 0 Å². The second-order valence-electron chi connectivity index (χ2n) is 0.759. The van der Waals surface area contributed by atoms with Crippen LogP contribution < -0.4 is 0 Å². The van der Waals surface area contributed by atoms with E-state index in [0.29, 0.717) is 0 Å². The maximum Gasteiger partial charge on any atom is 0.492 e. The van der Waals surface area contributed by atoms with Crippen molar-refractivity contribution in [2.24, 2.45) is 0 Å². The summed E-state index contributed by atoms with van der Waals surface area (Å²) < 4.78 is 29.8. The van der Waals surface area contributed by atoms with Gasteiger partial charge in [0, 0.05) is 39.9 Å². The molecule has 0 aliphatic heterocycles. The van der Waals surface area contributed by atoms with Crippen molar-refractivity contribution in [3.05, 3.63) is 0 Å². The van der Waals surface area contributed by atoms with E-state index in [2.05, 4.69) is 0 Å². The van der Waals surface area contributed by atoms with Crippen molar-refractivity contribution in [3.8, 4) is 0 Å². The molecule has 0 radical (unpaired) electrons. The number of hydrogen-bond donors (Lipinski definition) is 3. The van der Waals surface area contributed by atoms with Crippen molar-refractivity contribution >= 4 is 18.7 Å². The minimum atomic E-state index is -2.33. The van der Waals surface area contributed by atoms with Crippen molar-refractivity contribution < 1.29 is 82.8 Å². The molecule has 0 bridgehead atoms.